The van der Waals surface area contributed by atoms with Crippen LogP contribution in [-0.2, 0) is 0 Å². The Morgan fingerprint density at radius 2 is 2.00 bits per heavy atom. The van der Waals surface area contributed by atoms with E-state index in [1.54, 1.807) is 0 Å². The molecule has 2 amide bonds. The minimum atomic E-state index is -0.661. The van der Waals surface area contributed by atoms with Gasteiger partial charge in [0.05, 0.1) is 5.60 Å². The van der Waals surface area contributed by atoms with Gasteiger partial charge in [0.1, 0.15) is 0 Å². The fourth-order valence-electron chi connectivity index (χ4n) is 2.51. The summed E-state index contributed by atoms with van der Waals surface area (Å²) in [6.45, 7) is 10.9. The van der Waals surface area contributed by atoms with Crippen molar-refractivity contribution in [2.75, 3.05) is 26.2 Å². The molecule has 0 aromatic rings. The lowest BCUT2D eigenvalue weighted by molar-refractivity contribution is 0.00171. The Labute approximate surface area is 123 Å². The van der Waals surface area contributed by atoms with E-state index < -0.39 is 5.60 Å². The molecular formula is C15H31N3O2. The summed E-state index contributed by atoms with van der Waals surface area (Å²) in [6.07, 6.45) is 2.88. The Balaban J connectivity index is 2.31. The van der Waals surface area contributed by atoms with Crippen molar-refractivity contribution in [3.05, 3.63) is 0 Å². The van der Waals surface area contributed by atoms with Gasteiger partial charge in [0, 0.05) is 32.2 Å². The van der Waals surface area contributed by atoms with Crippen LogP contribution in [0.15, 0.2) is 0 Å². The number of aliphatic hydroxyl groups is 1. The molecule has 1 aliphatic heterocycles. The Kier molecular flexibility index (Phi) is 6.76. The molecule has 118 valence electrons. The highest BCUT2D eigenvalue weighted by Crippen LogP contribution is 2.20. The average molecular weight is 285 g/mol. The van der Waals surface area contributed by atoms with Crippen molar-refractivity contribution in [2.24, 2.45) is 5.92 Å². The zero-order valence-corrected chi connectivity index (χ0v) is 13.4. The molecule has 0 unspecified atom stereocenters. The van der Waals surface area contributed by atoms with Crippen LogP contribution in [0.5, 0.6) is 0 Å². The second kappa shape index (κ2) is 7.84. The lowest BCUT2D eigenvalue weighted by Gasteiger charge is -2.36. The molecule has 0 saturated carbocycles. The normalized spacial score (nSPS) is 21.4. The van der Waals surface area contributed by atoms with E-state index in [-0.39, 0.29) is 11.9 Å². The van der Waals surface area contributed by atoms with Crippen molar-refractivity contribution in [1.29, 1.82) is 0 Å². The molecule has 20 heavy (non-hydrogen) atoms. The smallest absolute Gasteiger partial charge is 0.317 e. The predicted octanol–water partition coefficient (Wildman–Crippen LogP) is 1.57. The zero-order chi connectivity index (χ0) is 15.2. The quantitative estimate of drug-likeness (QED) is 0.694. The Morgan fingerprint density at radius 3 is 2.50 bits per heavy atom. The predicted molar refractivity (Wildman–Crippen MR) is 81.7 cm³/mol. The summed E-state index contributed by atoms with van der Waals surface area (Å²) in [7, 11) is 0. The minimum Gasteiger partial charge on any atom is -0.389 e. The molecule has 3 N–H and O–H groups in total. The van der Waals surface area contributed by atoms with Gasteiger partial charge in [-0.1, -0.05) is 20.3 Å². The van der Waals surface area contributed by atoms with Gasteiger partial charge in [-0.2, -0.15) is 0 Å². The minimum absolute atomic E-state index is 0.0394. The molecule has 1 rings (SSSR count). The summed E-state index contributed by atoms with van der Waals surface area (Å²) in [6, 6.07) is 0.439. The van der Waals surface area contributed by atoms with E-state index >= 15 is 0 Å². The van der Waals surface area contributed by atoms with Crippen molar-refractivity contribution >= 4 is 6.03 Å². The number of hydrogen-bond acceptors (Lipinski definition) is 3. The first-order chi connectivity index (χ1) is 9.40. The van der Waals surface area contributed by atoms with E-state index in [0.29, 0.717) is 19.1 Å². The Hall–Kier alpha value is -0.810. The maximum atomic E-state index is 11.7. The second-order valence-electron chi connectivity index (χ2n) is 6.14. The van der Waals surface area contributed by atoms with Crippen molar-refractivity contribution in [3.63, 3.8) is 0 Å². The van der Waals surface area contributed by atoms with Gasteiger partial charge in [-0.25, -0.2) is 4.79 Å². The third kappa shape index (κ3) is 4.94. The topological polar surface area (TPSA) is 64.6 Å². The highest BCUT2D eigenvalue weighted by molar-refractivity contribution is 5.74. The van der Waals surface area contributed by atoms with Crippen LogP contribution in [0.3, 0.4) is 0 Å². The third-order valence-electron chi connectivity index (χ3n) is 4.53. The maximum absolute atomic E-state index is 11.7. The number of nitrogens with zero attached hydrogens (tertiary/aromatic N) is 1. The number of piperidine rings is 1. The van der Waals surface area contributed by atoms with Crippen molar-refractivity contribution in [2.45, 2.75) is 58.6 Å². The lowest BCUT2D eigenvalue weighted by atomic mass is 9.88. The van der Waals surface area contributed by atoms with Gasteiger partial charge < -0.3 is 20.6 Å². The number of likely N-dealkylation sites (tertiary alicyclic amines) is 1. The van der Waals surface area contributed by atoms with Gasteiger partial charge in [0.15, 0.2) is 0 Å². The monoisotopic (exact) mass is 285 g/mol. The van der Waals surface area contributed by atoms with Crippen LogP contribution >= 0.6 is 0 Å². The first-order valence-electron chi connectivity index (χ1n) is 7.89. The summed E-state index contributed by atoms with van der Waals surface area (Å²) >= 11 is 0. The van der Waals surface area contributed by atoms with Crippen LogP contribution in [0.2, 0.25) is 0 Å². The molecule has 0 radical (unpaired) electrons. The van der Waals surface area contributed by atoms with E-state index in [1.807, 2.05) is 18.7 Å². The van der Waals surface area contributed by atoms with Crippen LogP contribution in [-0.4, -0.2) is 53.9 Å². The summed E-state index contributed by atoms with van der Waals surface area (Å²) in [5.74, 6) is 0.283. The first-order valence-corrected chi connectivity index (χ1v) is 7.89. The molecule has 1 aliphatic rings. The van der Waals surface area contributed by atoms with Crippen LogP contribution < -0.4 is 10.6 Å². The van der Waals surface area contributed by atoms with Crippen LogP contribution in [0.1, 0.15) is 47.0 Å². The van der Waals surface area contributed by atoms with E-state index in [0.717, 1.165) is 32.4 Å². The first kappa shape index (κ1) is 17.2. The van der Waals surface area contributed by atoms with Crippen LogP contribution in [0, 0.1) is 5.92 Å². The van der Waals surface area contributed by atoms with E-state index in [2.05, 4.69) is 24.5 Å². The maximum Gasteiger partial charge on any atom is 0.317 e. The number of urea groups is 1. The van der Waals surface area contributed by atoms with E-state index in [4.69, 9.17) is 0 Å². The van der Waals surface area contributed by atoms with Gasteiger partial charge in [-0.3, -0.25) is 0 Å². The summed E-state index contributed by atoms with van der Waals surface area (Å²) in [4.78, 5) is 13.6. The van der Waals surface area contributed by atoms with Gasteiger partial charge in [-0.15, -0.1) is 0 Å². The second-order valence-corrected chi connectivity index (χ2v) is 6.14. The number of carbonyl (C=O) groups is 1. The Bertz CT molecular complexity index is 299. The molecule has 0 aliphatic carbocycles. The fraction of sp³-hybridized carbons (Fsp3) is 0.933. The average Bonchev–Trinajstić information content (AvgIpc) is 2.45. The highest BCUT2D eigenvalue weighted by Gasteiger charge is 2.29. The van der Waals surface area contributed by atoms with Gasteiger partial charge in [0.2, 0.25) is 0 Å². The molecule has 5 nitrogen and oxygen atoms in total. The largest absolute Gasteiger partial charge is 0.389 e. The zero-order valence-electron chi connectivity index (χ0n) is 13.4. The SMILES string of the molecule is CCNC(=O)N1CCC(NC[C@@](C)(O)[C@@H](C)CC)CC1. The lowest BCUT2D eigenvalue weighted by Crippen LogP contribution is -2.51. The molecule has 1 saturated heterocycles. The summed E-state index contributed by atoms with van der Waals surface area (Å²) < 4.78 is 0. The van der Waals surface area contributed by atoms with Crippen LogP contribution in [0.4, 0.5) is 4.79 Å². The van der Waals surface area contributed by atoms with Crippen molar-refractivity contribution in [1.82, 2.24) is 15.5 Å². The van der Waals surface area contributed by atoms with Crippen molar-refractivity contribution in [3.8, 4) is 0 Å². The molecule has 1 heterocycles. The fourth-order valence-corrected chi connectivity index (χ4v) is 2.51. The van der Waals surface area contributed by atoms with E-state index in [1.165, 1.54) is 0 Å². The van der Waals surface area contributed by atoms with E-state index in [9.17, 15) is 9.90 Å². The van der Waals surface area contributed by atoms with Gasteiger partial charge in [-0.05, 0) is 32.6 Å². The molecule has 1 fully saturated rings. The standard InChI is InChI=1S/C15H31N3O2/c1-5-12(3)15(4,20)11-17-13-7-9-18(10-8-13)14(19)16-6-2/h12-13,17,20H,5-11H2,1-4H3,(H,16,19)/t12-,15+/m0/s1. The molecule has 5 heteroatoms. The number of carbonyl (C=O) groups excluding carboxylic acids is 1. The Morgan fingerprint density at radius 1 is 1.40 bits per heavy atom. The van der Waals surface area contributed by atoms with Gasteiger partial charge in [0.25, 0.3) is 0 Å². The molecule has 2 atom stereocenters. The number of rotatable bonds is 6. The molecule has 0 bridgehead atoms. The van der Waals surface area contributed by atoms with Crippen LogP contribution in [0.25, 0.3) is 0 Å². The van der Waals surface area contributed by atoms with Crippen molar-refractivity contribution < 1.29 is 9.90 Å². The third-order valence-corrected chi connectivity index (χ3v) is 4.53. The number of nitrogens with one attached hydrogen (secondary N) is 2. The molecular weight excluding hydrogens is 254 g/mol. The highest BCUT2D eigenvalue weighted by atomic mass is 16.3. The number of hydrogen-bond donors (Lipinski definition) is 3. The summed E-state index contributed by atoms with van der Waals surface area (Å²) in [5, 5.41) is 16.7. The molecule has 0 aromatic carbocycles. The molecule has 0 aromatic heterocycles. The molecule has 0 spiro atoms. The number of amides is 2. The summed E-state index contributed by atoms with van der Waals surface area (Å²) in [5.41, 5.74) is -0.661. The van der Waals surface area contributed by atoms with Gasteiger partial charge >= 0.3 is 6.03 Å².